The Bertz CT molecular complexity index is 545. The van der Waals surface area contributed by atoms with Crippen molar-refractivity contribution in [2.45, 2.75) is 17.9 Å². The molecule has 0 bridgehead atoms. The summed E-state index contributed by atoms with van der Waals surface area (Å²) in [5, 5.41) is 3.37. The fourth-order valence-electron chi connectivity index (χ4n) is 1.91. The van der Waals surface area contributed by atoms with E-state index in [1.807, 2.05) is 37.3 Å². The smallest absolute Gasteiger partial charge is 0.0430 e. The van der Waals surface area contributed by atoms with E-state index in [2.05, 4.69) is 57.4 Å². The summed E-state index contributed by atoms with van der Waals surface area (Å²) >= 11 is 5.35. The first-order valence-corrected chi connectivity index (χ1v) is 7.94. The van der Waals surface area contributed by atoms with Crippen molar-refractivity contribution in [2.24, 2.45) is 0 Å². The molecule has 0 amide bonds. The molecule has 0 aliphatic rings. The number of hydrogen-bond donors (Lipinski definition) is 1. The van der Waals surface area contributed by atoms with Gasteiger partial charge < -0.3 is 5.32 Å². The highest BCUT2D eigenvalue weighted by molar-refractivity contribution is 9.10. The third-order valence-corrected chi connectivity index (χ3v) is 4.60. The predicted octanol–water partition coefficient (Wildman–Crippen LogP) is 4.21. The molecule has 4 heteroatoms. The minimum absolute atomic E-state index is 0.317. The van der Waals surface area contributed by atoms with E-state index < -0.39 is 0 Å². The van der Waals surface area contributed by atoms with Crippen molar-refractivity contribution in [1.82, 2.24) is 10.3 Å². The van der Waals surface area contributed by atoms with Crippen LogP contribution in [0.25, 0.3) is 0 Å². The first-order valence-electron chi connectivity index (χ1n) is 6.17. The Labute approximate surface area is 127 Å². The average Bonchev–Trinajstić information content (AvgIpc) is 2.41. The van der Waals surface area contributed by atoms with Crippen LogP contribution in [0.3, 0.4) is 0 Å². The highest BCUT2D eigenvalue weighted by atomic mass is 79.9. The van der Waals surface area contributed by atoms with Crippen LogP contribution < -0.4 is 5.32 Å². The zero-order valence-electron chi connectivity index (χ0n) is 11.1. The number of aryl methyl sites for hydroxylation is 1. The van der Waals surface area contributed by atoms with E-state index in [9.17, 15) is 0 Å². The van der Waals surface area contributed by atoms with Crippen molar-refractivity contribution >= 4 is 27.7 Å². The van der Waals surface area contributed by atoms with Crippen LogP contribution in [0.4, 0.5) is 0 Å². The molecule has 0 aliphatic heterocycles. The van der Waals surface area contributed by atoms with Crippen LogP contribution in [-0.2, 0) is 0 Å². The van der Waals surface area contributed by atoms with Gasteiger partial charge in [-0.25, -0.2) is 0 Å². The first kappa shape index (κ1) is 14.6. The molecule has 0 aliphatic carbocycles. The standard InChI is InChI=1S/C15H17BrN2S/c1-11-6-7-18-9-14(11)15(17-2)10-19-13-5-3-4-12(16)8-13/h3-9,15,17H,10H2,1-2H3. The molecule has 1 N–H and O–H groups in total. The van der Waals surface area contributed by atoms with Crippen molar-refractivity contribution in [2.75, 3.05) is 12.8 Å². The van der Waals surface area contributed by atoms with Gasteiger partial charge in [0.05, 0.1) is 0 Å². The fourth-order valence-corrected chi connectivity index (χ4v) is 3.55. The normalized spacial score (nSPS) is 12.4. The molecule has 1 heterocycles. The zero-order valence-corrected chi connectivity index (χ0v) is 13.5. The highest BCUT2D eigenvalue weighted by Crippen LogP contribution is 2.27. The lowest BCUT2D eigenvalue weighted by molar-refractivity contribution is 0.655. The van der Waals surface area contributed by atoms with Gasteiger partial charge >= 0.3 is 0 Å². The average molecular weight is 337 g/mol. The van der Waals surface area contributed by atoms with Crippen molar-refractivity contribution < 1.29 is 0 Å². The molecule has 2 aromatic rings. The third-order valence-electron chi connectivity index (χ3n) is 3.02. The van der Waals surface area contributed by atoms with E-state index >= 15 is 0 Å². The lowest BCUT2D eigenvalue weighted by Gasteiger charge is -2.18. The molecule has 0 saturated carbocycles. The summed E-state index contributed by atoms with van der Waals surface area (Å²) in [6, 6.07) is 10.8. The molecule has 0 radical (unpaired) electrons. The molecule has 1 unspecified atom stereocenters. The lowest BCUT2D eigenvalue weighted by Crippen LogP contribution is -2.19. The van der Waals surface area contributed by atoms with Gasteiger partial charge in [-0.15, -0.1) is 11.8 Å². The Hall–Kier alpha value is -0.840. The summed E-state index contributed by atoms with van der Waals surface area (Å²) in [5.74, 6) is 0.986. The maximum Gasteiger partial charge on any atom is 0.0430 e. The largest absolute Gasteiger partial charge is 0.312 e. The first-order chi connectivity index (χ1) is 9.20. The van der Waals surface area contributed by atoms with Crippen molar-refractivity contribution in [1.29, 1.82) is 0 Å². The summed E-state index contributed by atoms with van der Waals surface area (Å²) in [6.07, 6.45) is 3.80. The van der Waals surface area contributed by atoms with E-state index in [0.29, 0.717) is 6.04 Å². The van der Waals surface area contributed by atoms with E-state index in [0.717, 1.165) is 10.2 Å². The fraction of sp³-hybridized carbons (Fsp3) is 0.267. The summed E-state index contributed by atoms with van der Waals surface area (Å²) in [6.45, 7) is 2.13. The van der Waals surface area contributed by atoms with E-state index in [1.165, 1.54) is 16.0 Å². The summed E-state index contributed by atoms with van der Waals surface area (Å²) in [7, 11) is 2.00. The van der Waals surface area contributed by atoms with Crippen LogP contribution in [0, 0.1) is 6.92 Å². The Morgan fingerprint density at radius 2 is 2.21 bits per heavy atom. The molecule has 0 saturated heterocycles. The van der Waals surface area contributed by atoms with Gasteiger partial charge in [0.1, 0.15) is 0 Å². The molecule has 2 nitrogen and oxygen atoms in total. The maximum absolute atomic E-state index is 4.23. The second kappa shape index (κ2) is 7.08. The van der Waals surface area contributed by atoms with Gasteiger partial charge in [0.15, 0.2) is 0 Å². The van der Waals surface area contributed by atoms with Crippen molar-refractivity contribution in [3.05, 3.63) is 58.3 Å². The van der Waals surface area contributed by atoms with Crippen molar-refractivity contribution in [3.8, 4) is 0 Å². The minimum atomic E-state index is 0.317. The third kappa shape index (κ3) is 4.06. The van der Waals surface area contributed by atoms with Crippen LogP contribution in [0.5, 0.6) is 0 Å². The minimum Gasteiger partial charge on any atom is -0.312 e. The molecule has 100 valence electrons. The Morgan fingerprint density at radius 3 is 2.89 bits per heavy atom. The maximum atomic E-state index is 4.23. The highest BCUT2D eigenvalue weighted by Gasteiger charge is 2.12. The number of nitrogens with one attached hydrogen (secondary N) is 1. The van der Waals surface area contributed by atoms with Gasteiger partial charge in [-0.1, -0.05) is 22.0 Å². The van der Waals surface area contributed by atoms with Crippen LogP contribution in [0.2, 0.25) is 0 Å². The second-order valence-electron chi connectivity index (χ2n) is 4.34. The van der Waals surface area contributed by atoms with Crippen LogP contribution in [-0.4, -0.2) is 17.8 Å². The number of pyridine rings is 1. The van der Waals surface area contributed by atoms with E-state index in [4.69, 9.17) is 0 Å². The number of hydrogen-bond acceptors (Lipinski definition) is 3. The Kier molecular flexibility index (Phi) is 5.43. The summed E-state index contributed by atoms with van der Waals surface area (Å²) < 4.78 is 1.12. The molecule has 1 aromatic carbocycles. The van der Waals surface area contributed by atoms with Gasteiger partial charge in [0, 0.05) is 33.6 Å². The molecule has 2 rings (SSSR count). The molecular weight excluding hydrogens is 320 g/mol. The SMILES string of the molecule is CNC(CSc1cccc(Br)c1)c1cnccc1C. The monoisotopic (exact) mass is 336 g/mol. The van der Waals surface area contributed by atoms with Crippen molar-refractivity contribution in [3.63, 3.8) is 0 Å². The van der Waals surface area contributed by atoms with Gasteiger partial charge in [0.2, 0.25) is 0 Å². The molecule has 0 spiro atoms. The van der Waals surface area contributed by atoms with Crippen LogP contribution in [0.1, 0.15) is 17.2 Å². The second-order valence-corrected chi connectivity index (χ2v) is 6.35. The summed E-state index contributed by atoms with van der Waals surface area (Å²) in [4.78, 5) is 5.50. The van der Waals surface area contributed by atoms with Crippen LogP contribution >= 0.6 is 27.7 Å². The molecule has 19 heavy (non-hydrogen) atoms. The lowest BCUT2D eigenvalue weighted by atomic mass is 10.1. The quantitative estimate of drug-likeness (QED) is 0.828. The zero-order chi connectivity index (χ0) is 13.7. The van der Waals surface area contributed by atoms with Gasteiger partial charge in [0.25, 0.3) is 0 Å². The molecule has 0 fully saturated rings. The number of rotatable bonds is 5. The number of benzene rings is 1. The number of aromatic nitrogens is 1. The number of halogens is 1. The molecular formula is C15H17BrN2S. The van der Waals surface area contributed by atoms with E-state index in [1.54, 1.807) is 0 Å². The van der Waals surface area contributed by atoms with Gasteiger partial charge in [-0.3, -0.25) is 4.98 Å². The Balaban J connectivity index is 2.06. The van der Waals surface area contributed by atoms with Gasteiger partial charge in [-0.2, -0.15) is 0 Å². The van der Waals surface area contributed by atoms with Crippen LogP contribution in [0.15, 0.2) is 52.1 Å². The number of nitrogens with zero attached hydrogens (tertiary/aromatic N) is 1. The molecule has 1 aromatic heterocycles. The van der Waals surface area contributed by atoms with Gasteiger partial charge in [-0.05, 0) is 49.4 Å². The molecule has 1 atom stereocenters. The topological polar surface area (TPSA) is 24.9 Å². The summed E-state index contributed by atoms with van der Waals surface area (Å²) in [5.41, 5.74) is 2.55. The Morgan fingerprint density at radius 1 is 1.37 bits per heavy atom. The predicted molar refractivity (Wildman–Crippen MR) is 85.6 cm³/mol. The van der Waals surface area contributed by atoms with E-state index in [-0.39, 0.29) is 0 Å². The number of thioether (sulfide) groups is 1.